The van der Waals surface area contributed by atoms with E-state index in [-0.39, 0.29) is 17.6 Å². The highest BCUT2D eigenvalue weighted by Crippen LogP contribution is 2.23. The van der Waals surface area contributed by atoms with E-state index in [2.05, 4.69) is 6.08 Å². The van der Waals surface area contributed by atoms with E-state index < -0.39 is 5.82 Å². The van der Waals surface area contributed by atoms with Crippen molar-refractivity contribution >= 4 is 5.78 Å². The van der Waals surface area contributed by atoms with Crippen molar-refractivity contribution in [3.8, 4) is 5.75 Å². The highest BCUT2D eigenvalue weighted by atomic mass is 19.1. The molecule has 0 heterocycles. The fraction of sp³-hybridized carbons (Fsp3) is 0.438. The third kappa shape index (κ3) is 3.91. The summed E-state index contributed by atoms with van der Waals surface area (Å²) in [5, 5.41) is 0. The first-order chi connectivity index (χ1) is 9.16. The fourth-order valence-corrected chi connectivity index (χ4v) is 2.21. The molecule has 0 aromatic heterocycles. The maximum absolute atomic E-state index is 13.8. The van der Waals surface area contributed by atoms with Crippen molar-refractivity contribution in [2.24, 2.45) is 0 Å². The van der Waals surface area contributed by atoms with Crippen LogP contribution in [0.2, 0.25) is 0 Å². The van der Waals surface area contributed by atoms with Crippen LogP contribution in [0.1, 0.15) is 49.4 Å². The Kier molecular flexibility index (Phi) is 4.72. The molecule has 2 nitrogen and oxygen atoms in total. The third-order valence-corrected chi connectivity index (χ3v) is 3.33. The van der Waals surface area contributed by atoms with Gasteiger partial charge in [-0.1, -0.05) is 12.5 Å². The molecule has 0 radical (unpaired) electrons. The van der Waals surface area contributed by atoms with E-state index in [9.17, 15) is 9.18 Å². The molecule has 2 rings (SSSR count). The first-order valence-electron chi connectivity index (χ1n) is 6.80. The van der Waals surface area contributed by atoms with E-state index in [1.54, 1.807) is 12.1 Å². The molecule has 0 saturated heterocycles. The number of carbonyl (C=O) groups excluding carboxylic acids is 1. The molecule has 0 spiro atoms. The van der Waals surface area contributed by atoms with Gasteiger partial charge in [-0.25, -0.2) is 4.39 Å². The van der Waals surface area contributed by atoms with Crippen LogP contribution in [-0.4, -0.2) is 11.9 Å². The minimum atomic E-state index is -0.469. The molecule has 1 aromatic rings. The lowest BCUT2D eigenvalue weighted by molar-refractivity contribution is 0.101. The van der Waals surface area contributed by atoms with Gasteiger partial charge in [0.25, 0.3) is 0 Å². The number of Topliss-reactive ketones (excluding diaryl/α,β-unsaturated/α-hetero) is 1. The van der Waals surface area contributed by atoms with Crippen LogP contribution >= 0.6 is 0 Å². The lowest BCUT2D eigenvalue weighted by Crippen LogP contribution is -2.15. The lowest BCUT2D eigenvalue weighted by atomic mass is 10.0. The fourth-order valence-electron chi connectivity index (χ4n) is 2.21. The lowest BCUT2D eigenvalue weighted by Gasteiger charge is -2.18. The van der Waals surface area contributed by atoms with Crippen LogP contribution in [0.15, 0.2) is 30.4 Å². The molecule has 19 heavy (non-hydrogen) atoms. The van der Waals surface area contributed by atoms with Crippen molar-refractivity contribution < 1.29 is 13.9 Å². The zero-order valence-electron chi connectivity index (χ0n) is 11.2. The quantitative estimate of drug-likeness (QED) is 0.599. The molecule has 1 unspecified atom stereocenters. The van der Waals surface area contributed by atoms with Crippen molar-refractivity contribution in [1.82, 2.24) is 0 Å². The van der Waals surface area contributed by atoms with Gasteiger partial charge in [0, 0.05) is 5.56 Å². The molecule has 0 N–H and O–H groups in total. The van der Waals surface area contributed by atoms with Crippen LogP contribution in [0.3, 0.4) is 0 Å². The Labute approximate surface area is 113 Å². The van der Waals surface area contributed by atoms with E-state index in [1.807, 2.05) is 6.08 Å². The van der Waals surface area contributed by atoms with Gasteiger partial charge in [0.2, 0.25) is 0 Å². The number of benzene rings is 1. The van der Waals surface area contributed by atoms with Gasteiger partial charge >= 0.3 is 0 Å². The van der Waals surface area contributed by atoms with Crippen LogP contribution in [0.25, 0.3) is 0 Å². The van der Waals surface area contributed by atoms with Crippen LogP contribution in [-0.2, 0) is 0 Å². The van der Waals surface area contributed by atoms with Crippen LogP contribution < -0.4 is 4.74 Å². The highest BCUT2D eigenvalue weighted by molar-refractivity contribution is 5.94. The largest absolute Gasteiger partial charge is 0.483 e. The number of carbonyl (C=O) groups is 1. The van der Waals surface area contributed by atoms with Gasteiger partial charge in [-0.3, -0.25) is 4.79 Å². The van der Waals surface area contributed by atoms with Crippen molar-refractivity contribution in [2.45, 2.75) is 45.1 Å². The number of hydrogen-bond donors (Lipinski definition) is 0. The molecule has 1 aliphatic carbocycles. The minimum Gasteiger partial charge on any atom is -0.483 e. The summed E-state index contributed by atoms with van der Waals surface area (Å²) in [6.45, 7) is 1.42. The molecular formula is C16H19FO2. The third-order valence-electron chi connectivity index (χ3n) is 3.33. The summed E-state index contributed by atoms with van der Waals surface area (Å²) in [4.78, 5) is 11.2. The Morgan fingerprint density at radius 3 is 2.89 bits per heavy atom. The molecule has 3 heteroatoms. The van der Waals surface area contributed by atoms with E-state index >= 15 is 0 Å². The molecule has 0 saturated carbocycles. The van der Waals surface area contributed by atoms with Crippen molar-refractivity contribution in [3.63, 3.8) is 0 Å². The van der Waals surface area contributed by atoms with E-state index in [1.165, 1.54) is 25.8 Å². The summed E-state index contributed by atoms with van der Waals surface area (Å²) >= 11 is 0. The van der Waals surface area contributed by atoms with Crippen molar-refractivity contribution in [3.05, 3.63) is 41.7 Å². The number of ketones is 1. The summed E-state index contributed by atoms with van der Waals surface area (Å²) in [6, 6.07) is 4.39. The Hall–Kier alpha value is -1.64. The van der Waals surface area contributed by atoms with Crippen LogP contribution in [0, 0.1) is 5.82 Å². The van der Waals surface area contributed by atoms with Gasteiger partial charge in [0.1, 0.15) is 6.10 Å². The van der Waals surface area contributed by atoms with E-state index in [4.69, 9.17) is 4.74 Å². The second-order valence-corrected chi connectivity index (χ2v) is 4.92. The number of allylic oxidation sites excluding steroid dienone is 1. The normalized spacial score (nSPS) is 21.3. The molecule has 0 bridgehead atoms. The van der Waals surface area contributed by atoms with Gasteiger partial charge in [0.05, 0.1) is 0 Å². The molecule has 102 valence electrons. The molecule has 0 aliphatic heterocycles. The highest BCUT2D eigenvalue weighted by Gasteiger charge is 2.13. The Bertz CT molecular complexity index is 480. The summed E-state index contributed by atoms with van der Waals surface area (Å²) in [6.07, 6.45) is 9.51. The topological polar surface area (TPSA) is 26.3 Å². The first kappa shape index (κ1) is 13.8. The zero-order chi connectivity index (χ0) is 13.7. The second-order valence-electron chi connectivity index (χ2n) is 4.92. The van der Waals surface area contributed by atoms with Crippen LogP contribution in [0.4, 0.5) is 4.39 Å². The number of halogens is 1. The van der Waals surface area contributed by atoms with Crippen molar-refractivity contribution in [1.29, 1.82) is 0 Å². The zero-order valence-corrected chi connectivity index (χ0v) is 11.2. The van der Waals surface area contributed by atoms with Gasteiger partial charge < -0.3 is 4.74 Å². The Morgan fingerprint density at radius 1 is 1.32 bits per heavy atom. The van der Waals surface area contributed by atoms with Gasteiger partial charge in [0.15, 0.2) is 17.3 Å². The van der Waals surface area contributed by atoms with E-state index in [0.717, 1.165) is 19.3 Å². The first-order valence-corrected chi connectivity index (χ1v) is 6.80. The number of hydrogen-bond acceptors (Lipinski definition) is 2. The monoisotopic (exact) mass is 262 g/mol. The average Bonchev–Trinajstić information content (AvgIpc) is 2.34. The predicted octanol–water partition coefficient (Wildman–Crippen LogP) is 4.30. The standard InChI is InChI=1S/C16H19FO2/c1-12(18)13-9-10-16(15(17)11-13)19-14-7-5-3-2-4-6-8-14/h5,7,9-11,14H,2-4,6,8H2,1H3/b7-5+. The molecule has 0 amide bonds. The summed E-state index contributed by atoms with van der Waals surface area (Å²) < 4.78 is 19.5. The maximum atomic E-state index is 13.8. The Balaban J connectivity index is 2.09. The summed E-state index contributed by atoms with van der Waals surface area (Å²) in [7, 11) is 0. The second kappa shape index (κ2) is 6.50. The molecule has 1 aromatic carbocycles. The molecular weight excluding hydrogens is 243 g/mol. The van der Waals surface area contributed by atoms with Crippen LogP contribution in [0.5, 0.6) is 5.75 Å². The van der Waals surface area contributed by atoms with Gasteiger partial charge in [-0.05, 0) is 56.9 Å². The number of ether oxygens (including phenoxy) is 1. The molecule has 0 fully saturated rings. The molecule has 1 atom stereocenters. The summed E-state index contributed by atoms with van der Waals surface area (Å²) in [5.74, 6) is -0.389. The number of rotatable bonds is 3. The van der Waals surface area contributed by atoms with Crippen molar-refractivity contribution in [2.75, 3.05) is 0 Å². The summed E-state index contributed by atoms with van der Waals surface area (Å²) in [5.41, 5.74) is 0.373. The molecule has 1 aliphatic rings. The van der Waals surface area contributed by atoms with Gasteiger partial charge in [-0.2, -0.15) is 0 Å². The maximum Gasteiger partial charge on any atom is 0.165 e. The van der Waals surface area contributed by atoms with E-state index in [0.29, 0.717) is 5.56 Å². The smallest absolute Gasteiger partial charge is 0.165 e. The minimum absolute atomic E-state index is 0.0713. The average molecular weight is 262 g/mol. The SMILES string of the molecule is CC(=O)c1ccc(OC2/C=C/CCCCC2)c(F)c1. The predicted molar refractivity (Wildman–Crippen MR) is 73.0 cm³/mol. The van der Waals surface area contributed by atoms with Gasteiger partial charge in [-0.15, -0.1) is 0 Å². The Morgan fingerprint density at radius 2 is 2.16 bits per heavy atom.